The third-order valence-electron chi connectivity index (χ3n) is 5.26. The Morgan fingerprint density at radius 2 is 1.78 bits per heavy atom. The number of anilines is 1. The lowest BCUT2D eigenvalue weighted by molar-refractivity contribution is -0.274. The summed E-state index contributed by atoms with van der Waals surface area (Å²) in [5.74, 6) is -1.23. The molecule has 0 aromatic heterocycles. The molecule has 2 unspecified atom stereocenters. The number of thioether (sulfide) groups is 1. The van der Waals surface area contributed by atoms with E-state index < -0.39 is 23.1 Å². The SMILES string of the molecule is CCC(C)(Sc1ccc2c(c1)CC(NC(=O)Nc1ccc(OC(F)(F)F)cc1)C2)C(=O)O. The molecular formula is C22H23F3N2O4S. The summed E-state index contributed by atoms with van der Waals surface area (Å²) in [6.45, 7) is 3.54. The summed E-state index contributed by atoms with van der Waals surface area (Å²) in [6.07, 6.45) is -3.05. The molecule has 10 heteroatoms. The fourth-order valence-corrected chi connectivity index (χ4v) is 4.47. The molecule has 2 aromatic rings. The van der Waals surface area contributed by atoms with Gasteiger partial charge in [-0.05, 0) is 73.7 Å². The molecule has 0 heterocycles. The van der Waals surface area contributed by atoms with Crippen LogP contribution in [0.1, 0.15) is 31.4 Å². The summed E-state index contributed by atoms with van der Waals surface area (Å²) in [5, 5.41) is 14.9. The Morgan fingerprint density at radius 1 is 1.12 bits per heavy atom. The first kappa shape index (κ1) is 23.8. The van der Waals surface area contributed by atoms with Gasteiger partial charge in [0.05, 0.1) is 0 Å². The smallest absolute Gasteiger partial charge is 0.480 e. The number of carbonyl (C=O) groups is 2. The number of fused-ring (bicyclic) bond motifs is 1. The van der Waals surface area contributed by atoms with Crippen LogP contribution in [0.2, 0.25) is 0 Å². The predicted octanol–water partition coefficient (Wildman–Crippen LogP) is 5.22. The number of benzene rings is 2. The van der Waals surface area contributed by atoms with E-state index in [2.05, 4.69) is 15.4 Å². The molecule has 3 N–H and O–H groups in total. The van der Waals surface area contributed by atoms with Crippen molar-refractivity contribution in [3.63, 3.8) is 0 Å². The van der Waals surface area contributed by atoms with E-state index in [0.29, 0.717) is 24.9 Å². The van der Waals surface area contributed by atoms with Crippen molar-refractivity contribution < 1.29 is 32.6 Å². The Balaban J connectivity index is 1.56. The maximum absolute atomic E-state index is 12.3. The quantitative estimate of drug-likeness (QED) is 0.485. The zero-order chi connectivity index (χ0) is 23.5. The van der Waals surface area contributed by atoms with E-state index in [0.717, 1.165) is 28.2 Å². The minimum atomic E-state index is -4.77. The average molecular weight is 468 g/mol. The first-order chi connectivity index (χ1) is 15.0. The van der Waals surface area contributed by atoms with Crippen molar-refractivity contribution in [2.24, 2.45) is 0 Å². The number of carbonyl (C=O) groups excluding carboxylic acids is 1. The molecule has 2 aromatic carbocycles. The van der Waals surface area contributed by atoms with Crippen LogP contribution in [0.25, 0.3) is 0 Å². The van der Waals surface area contributed by atoms with Gasteiger partial charge in [0.1, 0.15) is 10.5 Å². The van der Waals surface area contributed by atoms with Gasteiger partial charge in [0.25, 0.3) is 0 Å². The summed E-state index contributed by atoms with van der Waals surface area (Å²) < 4.78 is 39.6. The van der Waals surface area contributed by atoms with Gasteiger partial charge in [-0.15, -0.1) is 24.9 Å². The third kappa shape index (κ3) is 6.09. The second-order valence-electron chi connectivity index (χ2n) is 7.70. The van der Waals surface area contributed by atoms with E-state index in [4.69, 9.17) is 0 Å². The molecule has 172 valence electrons. The molecule has 0 fully saturated rings. The number of amides is 2. The molecule has 2 amide bonds. The Morgan fingerprint density at radius 3 is 2.38 bits per heavy atom. The lowest BCUT2D eigenvalue weighted by atomic mass is 10.1. The Kier molecular flexibility index (Phi) is 6.92. The average Bonchev–Trinajstić information content (AvgIpc) is 3.09. The Bertz CT molecular complexity index is 998. The van der Waals surface area contributed by atoms with Crippen molar-refractivity contribution in [3.8, 4) is 5.75 Å². The maximum Gasteiger partial charge on any atom is 0.573 e. The highest BCUT2D eigenvalue weighted by molar-refractivity contribution is 8.01. The van der Waals surface area contributed by atoms with E-state index in [1.165, 1.54) is 23.9 Å². The normalized spacial score (nSPS) is 17.2. The first-order valence-electron chi connectivity index (χ1n) is 9.95. The number of hydrogen-bond acceptors (Lipinski definition) is 4. The molecule has 0 bridgehead atoms. The van der Waals surface area contributed by atoms with Crippen LogP contribution in [0.15, 0.2) is 47.4 Å². The molecule has 1 aliphatic carbocycles. The molecule has 0 radical (unpaired) electrons. The topological polar surface area (TPSA) is 87.7 Å². The molecule has 32 heavy (non-hydrogen) atoms. The van der Waals surface area contributed by atoms with E-state index in [1.807, 2.05) is 25.1 Å². The largest absolute Gasteiger partial charge is 0.573 e. The molecule has 1 aliphatic rings. The minimum absolute atomic E-state index is 0.143. The number of aliphatic carboxylic acids is 1. The van der Waals surface area contributed by atoms with Crippen molar-refractivity contribution in [1.82, 2.24) is 5.32 Å². The van der Waals surface area contributed by atoms with Crippen LogP contribution in [0.3, 0.4) is 0 Å². The summed E-state index contributed by atoms with van der Waals surface area (Å²) >= 11 is 1.31. The van der Waals surface area contributed by atoms with Gasteiger partial charge in [0.2, 0.25) is 0 Å². The lowest BCUT2D eigenvalue weighted by Crippen LogP contribution is -2.38. The Hall–Kier alpha value is -2.88. The number of alkyl halides is 3. The van der Waals surface area contributed by atoms with Gasteiger partial charge in [0.15, 0.2) is 0 Å². The zero-order valence-corrected chi connectivity index (χ0v) is 18.3. The number of urea groups is 1. The number of rotatable bonds is 7. The van der Waals surface area contributed by atoms with Gasteiger partial charge in [-0.1, -0.05) is 13.0 Å². The first-order valence-corrected chi connectivity index (χ1v) is 10.8. The van der Waals surface area contributed by atoms with Crippen molar-refractivity contribution in [2.45, 2.75) is 55.2 Å². The second kappa shape index (κ2) is 9.32. The van der Waals surface area contributed by atoms with Gasteiger partial charge in [-0.25, -0.2) is 4.79 Å². The zero-order valence-electron chi connectivity index (χ0n) is 17.5. The van der Waals surface area contributed by atoms with E-state index in [1.54, 1.807) is 6.92 Å². The summed E-state index contributed by atoms with van der Waals surface area (Å²) in [6, 6.07) is 10.1. The number of carboxylic acids is 1. The van der Waals surface area contributed by atoms with Crippen molar-refractivity contribution in [3.05, 3.63) is 53.6 Å². The molecular weight excluding hydrogens is 445 g/mol. The monoisotopic (exact) mass is 468 g/mol. The highest BCUT2D eigenvalue weighted by atomic mass is 32.2. The van der Waals surface area contributed by atoms with Gasteiger partial charge in [-0.3, -0.25) is 4.79 Å². The number of hydrogen-bond donors (Lipinski definition) is 3. The summed E-state index contributed by atoms with van der Waals surface area (Å²) in [7, 11) is 0. The van der Waals surface area contributed by atoms with Crippen molar-refractivity contribution >= 4 is 29.4 Å². The van der Waals surface area contributed by atoms with Gasteiger partial charge >= 0.3 is 18.4 Å². The number of halogens is 3. The van der Waals surface area contributed by atoms with Crippen LogP contribution < -0.4 is 15.4 Å². The molecule has 0 spiro atoms. The summed E-state index contributed by atoms with van der Waals surface area (Å²) in [5.41, 5.74) is 2.47. The molecule has 0 saturated carbocycles. The van der Waals surface area contributed by atoms with E-state index in [9.17, 15) is 27.9 Å². The van der Waals surface area contributed by atoms with Crippen LogP contribution in [0, 0.1) is 0 Å². The molecule has 0 aliphatic heterocycles. The van der Waals surface area contributed by atoms with Gasteiger partial charge in [0, 0.05) is 16.6 Å². The molecule has 0 saturated heterocycles. The number of carboxylic acid groups (broad SMARTS) is 1. The molecule has 2 atom stereocenters. The minimum Gasteiger partial charge on any atom is -0.480 e. The van der Waals surface area contributed by atoms with Crippen LogP contribution in [0.4, 0.5) is 23.7 Å². The fourth-order valence-electron chi connectivity index (χ4n) is 3.38. The predicted molar refractivity (Wildman–Crippen MR) is 115 cm³/mol. The molecule has 6 nitrogen and oxygen atoms in total. The maximum atomic E-state index is 12.3. The van der Waals surface area contributed by atoms with Crippen LogP contribution in [-0.2, 0) is 17.6 Å². The van der Waals surface area contributed by atoms with Gasteiger partial charge in [-0.2, -0.15) is 0 Å². The highest BCUT2D eigenvalue weighted by Crippen LogP contribution is 2.37. The van der Waals surface area contributed by atoms with Crippen molar-refractivity contribution in [1.29, 1.82) is 0 Å². The third-order valence-corrected chi connectivity index (χ3v) is 6.66. The van der Waals surface area contributed by atoms with E-state index in [-0.39, 0.29) is 11.8 Å². The van der Waals surface area contributed by atoms with E-state index >= 15 is 0 Å². The van der Waals surface area contributed by atoms with Crippen molar-refractivity contribution in [2.75, 3.05) is 5.32 Å². The fraction of sp³-hybridized carbons (Fsp3) is 0.364. The number of nitrogens with one attached hydrogen (secondary N) is 2. The Labute approximate surface area is 187 Å². The standard InChI is InChI=1S/C22H23F3N2O4S/c1-3-21(2,19(28)29)32-18-9-4-13-10-16(11-14(13)12-18)27-20(30)26-15-5-7-17(8-6-15)31-22(23,24)25/h4-9,12,16H,3,10-11H2,1-2H3,(H,28,29)(H2,26,27,30). The summed E-state index contributed by atoms with van der Waals surface area (Å²) in [4.78, 5) is 24.7. The van der Waals surface area contributed by atoms with Crippen LogP contribution in [-0.4, -0.2) is 34.3 Å². The second-order valence-corrected chi connectivity index (χ2v) is 9.27. The molecule has 3 rings (SSSR count). The van der Waals surface area contributed by atoms with Crippen LogP contribution >= 0.6 is 11.8 Å². The lowest BCUT2D eigenvalue weighted by Gasteiger charge is -2.22. The van der Waals surface area contributed by atoms with Gasteiger partial charge < -0.3 is 20.5 Å². The number of ether oxygens (including phenoxy) is 1. The van der Waals surface area contributed by atoms with Crippen LogP contribution in [0.5, 0.6) is 5.75 Å². The highest BCUT2D eigenvalue weighted by Gasteiger charge is 2.33.